The van der Waals surface area contributed by atoms with E-state index >= 15 is 0 Å². The van der Waals surface area contributed by atoms with Crippen molar-refractivity contribution >= 4 is 31.9 Å². The van der Waals surface area contributed by atoms with Crippen LogP contribution in [0.5, 0.6) is 0 Å². The summed E-state index contributed by atoms with van der Waals surface area (Å²) < 4.78 is 0. The molecule has 0 aromatic rings. The first-order chi connectivity index (χ1) is 3.68. The van der Waals surface area contributed by atoms with Crippen LogP contribution in [0.25, 0.3) is 0 Å². The number of rotatable bonds is 3. The maximum atomic E-state index is 3.50. The van der Waals surface area contributed by atoms with Crippen molar-refractivity contribution < 1.29 is 0 Å². The summed E-state index contributed by atoms with van der Waals surface area (Å²) in [5, 5.41) is 1.06. The third-order valence-electron chi connectivity index (χ3n) is 0.908. The third-order valence-corrected chi connectivity index (χ3v) is 2.64. The average Bonchev–Trinajstić information content (AvgIpc) is 1.67. The van der Waals surface area contributed by atoms with E-state index in [0.717, 1.165) is 11.8 Å². The zero-order valence-corrected chi connectivity index (χ0v) is 8.37. The first-order valence-electron chi connectivity index (χ1n) is 2.55. The molecular weight excluding hydrogens is 234 g/mol. The highest BCUT2D eigenvalue weighted by Crippen LogP contribution is 2.08. The average molecular weight is 245 g/mol. The maximum Gasteiger partial charge on any atom is 0.0658 e. The van der Waals surface area contributed by atoms with Gasteiger partial charge in [0.2, 0.25) is 0 Å². The Balaban J connectivity index is 3.17. The lowest BCUT2D eigenvalue weighted by Gasteiger charge is -2.15. The summed E-state index contributed by atoms with van der Waals surface area (Å²) in [5.41, 5.74) is 0. The zero-order valence-electron chi connectivity index (χ0n) is 5.19. The lowest BCUT2D eigenvalue weighted by molar-refractivity contribution is 0.384. The second kappa shape index (κ2) is 4.77. The molecule has 50 valence electrons. The van der Waals surface area contributed by atoms with E-state index in [0.29, 0.717) is 4.95 Å². The molecule has 0 amide bonds. The molecule has 0 aromatic carbocycles. The molecule has 0 saturated carbocycles. The van der Waals surface area contributed by atoms with Gasteiger partial charge in [0.15, 0.2) is 0 Å². The van der Waals surface area contributed by atoms with Crippen molar-refractivity contribution in [3.05, 3.63) is 0 Å². The van der Waals surface area contributed by atoms with Crippen molar-refractivity contribution in [3.8, 4) is 0 Å². The largest absolute Gasteiger partial charge is 0.297 e. The van der Waals surface area contributed by atoms with Crippen molar-refractivity contribution in [2.75, 3.05) is 19.4 Å². The van der Waals surface area contributed by atoms with Crippen molar-refractivity contribution in [1.82, 2.24) is 4.90 Å². The molecule has 8 heavy (non-hydrogen) atoms. The number of alkyl halides is 2. The highest BCUT2D eigenvalue weighted by Gasteiger charge is 2.02. The SMILES string of the molecule is CN(C)C(Br)CCBr. The summed E-state index contributed by atoms with van der Waals surface area (Å²) >= 11 is 6.86. The van der Waals surface area contributed by atoms with E-state index in [4.69, 9.17) is 0 Å². The van der Waals surface area contributed by atoms with Crippen LogP contribution in [0.2, 0.25) is 0 Å². The fraction of sp³-hybridized carbons (Fsp3) is 1.00. The van der Waals surface area contributed by atoms with Gasteiger partial charge in [-0.15, -0.1) is 0 Å². The molecule has 1 unspecified atom stereocenters. The molecule has 0 bridgehead atoms. The van der Waals surface area contributed by atoms with Crippen LogP contribution in [-0.2, 0) is 0 Å². The molecule has 0 aliphatic rings. The summed E-state index contributed by atoms with van der Waals surface area (Å²) in [4.78, 5) is 2.66. The fourth-order valence-corrected chi connectivity index (χ4v) is 1.63. The molecule has 0 aromatic heterocycles. The van der Waals surface area contributed by atoms with E-state index in [2.05, 4.69) is 50.9 Å². The number of halogens is 2. The van der Waals surface area contributed by atoms with Crippen LogP contribution in [0.4, 0.5) is 0 Å². The maximum absolute atomic E-state index is 3.50. The molecule has 3 heteroatoms. The van der Waals surface area contributed by atoms with Crippen molar-refractivity contribution in [2.45, 2.75) is 11.4 Å². The quantitative estimate of drug-likeness (QED) is 0.543. The molecular formula is C5H11Br2N. The van der Waals surface area contributed by atoms with Crippen LogP contribution in [-0.4, -0.2) is 29.3 Å². The third kappa shape index (κ3) is 3.87. The number of hydrogen-bond acceptors (Lipinski definition) is 1. The number of hydrogen-bond donors (Lipinski definition) is 0. The monoisotopic (exact) mass is 243 g/mol. The van der Waals surface area contributed by atoms with Gasteiger partial charge in [-0.1, -0.05) is 31.9 Å². The molecule has 1 nitrogen and oxygen atoms in total. The van der Waals surface area contributed by atoms with Crippen molar-refractivity contribution in [3.63, 3.8) is 0 Å². The lowest BCUT2D eigenvalue weighted by Crippen LogP contribution is -2.21. The Morgan fingerprint density at radius 2 is 2.00 bits per heavy atom. The molecule has 0 spiro atoms. The second-order valence-electron chi connectivity index (χ2n) is 1.88. The molecule has 0 saturated heterocycles. The Bertz CT molecular complexity index is 56.4. The first-order valence-corrected chi connectivity index (χ1v) is 4.58. The minimum absolute atomic E-state index is 0.516. The Morgan fingerprint density at radius 1 is 1.50 bits per heavy atom. The molecule has 0 radical (unpaired) electrons. The van der Waals surface area contributed by atoms with E-state index in [-0.39, 0.29) is 0 Å². The molecule has 0 N–H and O–H groups in total. The Labute approximate surface area is 67.7 Å². The van der Waals surface area contributed by atoms with Gasteiger partial charge < -0.3 is 0 Å². The molecule has 1 atom stereocenters. The summed E-state index contributed by atoms with van der Waals surface area (Å²) in [6, 6.07) is 0. The minimum atomic E-state index is 0.516. The first kappa shape index (κ1) is 8.92. The van der Waals surface area contributed by atoms with Crippen molar-refractivity contribution in [1.29, 1.82) is 0 Å². The van der Waals surface area contributed by atoms with Gasteiger partial charge in [0.1, 0.15) is 0 Å². The topological polar surface area (TPSA) is 3.24 Å². The van der Waals surface area contributed by atoms with Crippen LogP contribution in [0.3, 0.4) is 0 Å². The summed E-state index contributed by atoms with van der Waals surface area (Å²) in [6.45, 7) is 0. The zero-order chi connectivity index (χ0) is 6.57. The van der Waals surface area contributed by atoms with E-state index in [1.165, 1.54) is 0 Å². The Morgan fingerprint density at radius 3 is 2.12 bits per heavy atom. The van der Waals surface area contributed by atoms with E-state index < -0.39 is 0 Å². The van der Waals surface area contributed by atoms with Gasteiger partial charge in [0, 0.05) is 5.33 Å². The van der Waals surface area contributed by atoms with Crippen molar-refractivity contribution in [2.24, 2.45) is 0 Å². The molecule has 0 fully saturated rings. The Hall–Kier alpha value is 0.920. The standard InChI is InChI=1S/C5H11Br2N/c1-8(2)5(7)3-4-6/h5H,3-4H2,1-2H3. The van der Waals surface area contributed by atoms with Crippen LogP contribution in [0.15, 0.2) is 0 Å². The summed E-state index contributed by atoms with van der Waals surface area (Å²) in [7, 11) is 4.12. The predicted octanol–water partition coefficient (Wildman–Crippen LogP) is 2.05. The number of nitrogens with zero attached hydrogens (tertiary/aromatic N) is 1. The van der Waals surface area contributed by atoms with Crippen LogP contribution < -0.4 is 0 Å². The normalized spacial score (nSPS) is 14.6. The highest BCUT2D eigenvalue weighted by molar-refractivity contribution is 9.10. The lowest BCUT2D eigenvalue weighted by atomic mass is 10.5. The van der Waals surface area contributed by atoms with Gasteiger partial charge in [-0.25, -0.2) is 0 Å². The minimum Gasteiger partial charge on any atom is -0.297 e. The van der Waals surface area contributed by atoms with Crippen LogP contribution in [0.1, 0.15) is 6.42 Å². The Kier molecular flexibility index (Phi) is 5.31. The van der Waals surface area contributed by atoms with Crippen LogP contribution >= 0.6 is 31.9 Å². The van der Waals surface area contributed by atoms with Gasteiger partial charge in [0.25, 0.3) is 0 Å². The fourth-order valence-electron chi connectivity index (χ4n) is 0.348. The van der Waals surface area contributed by atoms with Gasteiger partial charge in [-0.3, -0.25) is 4.90 Å². The molecule has 0 heterocycles. The predicted molar refractivity (Wildman–Crippen MR) is 44.8 cm³/mol. The highest BCUT2D eigenvalue weighted by atomic mass is 79.9. The summed E-state index contributed by atoms with van der Waals surface area (Å²) in [6.07, 6.45) is 1.15. The van der Waals surface area contributed by atoms with Gasteiger partial charge in [0.05, 0.1) is 4.95 Å². The smallest absolute Gasteiger partial charge is 0.0658 e. The second-order valence-corrected chi connectivity index (χ2v) is 3.73. The van der Waals surface area contributed by atoms with Gasteiger partial charge in [-0.2, -0.15) is 0 Å². The summed E-state index contributed by atoms with van der Waals surface area (Å²) in [5.74, 6) is 0. The van der Waals surface area contributed by atoms with Gasteiger partial charge >= 0.3 is 0 Å². The van der Waals surface area contributed by atoms with Crippen LogP contribution in [0, 0.1) is 0 Å². The van der Waals surface area contributed by atoms with E-state index in [9.17, 15) is 0 Å². The molecule has 0 rings (SSSR count). The van der Waals surface area contributed by atoms with Gasteiger partial charge in [-0.05, 0) is 20.5 Å². The molecule has 0 aliphatic heterocycles. The molecule has 0 aliphatic carbocycles. The van der Waals surface area contributed by atoms with E-state index in [1.807, 2.05) is 0 Å². The van der Waals surface area contributed by atoms with E-state index in [1.54, 1.807) is 0 Å².